The van der Waals surface area contributed by atoms with Gasteiger partial charge in [0.2, 0.25) is 5.91 Å². The van der Waals surface area contributed by atoms with Gasteiger partial charge in [0.25, 0.3) is 0 Å². The van der Waals surface area contributed by atoms with Gasteiger partial charge in [-0.2, -0.15) is 0 Å². The van der Waals surface area contributed by atoms with Crippen molar-refractivity contribution in [3.8, 4) is 0 Å². The maximum Gasteiger partial charge on any atom is 0.223 e. The predicted octanol–water partition coefficient (Wildman–Crippen LogP) is 3.11. The first-order chi connectivity index (χ1) is 11.1. The van der Waals surface area contributed by atoms with E-state index in [1.165, 1.54) is 29.1 Å². The number of aromatic nitrogens is 1. The van der Waals surface area contributed by atoms with Gasteiger partial charge < -0.3 is 5.32 Å². The number of piperidine rings is 1. The first kappa shape index (κ1) is 15.6. The summed E-state index contributed by atoms with van der Waals surface area (Å²) >= 11 is 1.79. The Labute approximate surface area is 142 Å². The van der Waals surface area contributed by atoms with Crippen molar-refractivity contribution in [2.45, 2.75) is 64.5 Å². The number of likely N-dealkylation sites (tertiary alicyclic amines) is 1. The number of rotatable bonds is 4. The molecule has 2 aliphatic carbocycles. The molecule has 4 rings (SSSR count). The van der Waals surface area contributed by atoms with Gasteiger partial charge in [-0.15, -0.1) is 11.3 Å². The van der Waals surface area contributed by atoms with E-state index in [1.807, 2.05) is 6.20 Å². The standard InChI is InChI=1S/C18H27N3OS/c1-13-11-19-16(23-13)12-21-7-3-15(4-8-21)20-17(22)14-9-18(10-14)5-2-6-18/h11,14-15H,2-10,12H2,1H3,(H,20,22). The van der Waals surface area contributed by atoms with Gasteiger partial charge in [0.15, 0.2) is 0 Å². The largest absolute Gasteiger partial charge is 0.353 e. The summed E-state index contributed by atoms with van der Waals surface area (Å²) in [5, 5.41) is 4.53. The smallest absolute Gasteiger partial charge is 0.223 e. The SMILES string of the molecule is Cc1cnc(CN2CCC(NC(=O)C3CC4(CCC4)C3)CC2)s1. The van der Waals surface area contributed by atoms with Crippen LogP contribution in [0, 0.1) is 18.3 Å². The van der Waals surface area contributed by atoms with Gasteiger partial charge in [0.05, 0.1) is 6.54 Å². The summed E-state index contributed by atoms with van der Waals surface area (Å²) in [6.07, 6.45) is 10.5. The van der Waals surface area contributed by atoms with Crippen molar-refractivity contribution < 1.29 is 4.79 Å². The second kappa shape index (κ2) is 6.17. The van der Waals surface area contributed by atoms with Gasteiger partial charge in [0, 0.05) is 36.1 Å². The Morgan fingerprint density at radius 2 is 2.13 bits per heavy atom. The molecular weight excluding hydrogens is 306 g/mol. The molecule has 23 heavy (non-hydrogen) atoms. The van der Waals surface area contributed by atoms with E-state index in [4.69, 9.17) is 0 Å². The van der Waals surface area contributed by atoms with Crippen molar-refractivity contribution in [3.63, 3.8) is 0 Å². The van der Waals surface area contributed by atoms with Crippen LogP contribution in [0.1, 0.15) is 54.8 Å². The van der Waals surface area contributed by atoms with Gasteiger partial charge in [0.1, 0.15) is 5.01 Å². The lowest BCUT2D eigenvalue weighted by molar-refractivity contribution is -0.137. The van der Waals surface area contributed by atoms with E-state index in [-0.39, 0.29) is 0 Å². The zero-order valence-corrected chi connectivity index (χ0v) is 14.8. The van der Waals surface area contributed by atoms with E-state index < -0.39 is 0 Å². The first-order valence-electron chi connectivity index (χ1n) is 9.06. The van der Waals surface area contributed by atoms with Crippen LogP contribution < -0.4 is 5.32 Å². The highest BCUT2D eigenvalue weighted by atomic mass is 32.1. The molecule has 0 bridgehead atoms. The highest BCUT2D eigenvalue weighted by Crippen LogP contribution is 2.58. The van der Waals surface area contributed by atoms with Crippen molar-refractivity contribution in [3.05, 3.63) is 16.1 Å². The molecule has 1 amide bonds. The molecule has 4 nitrogen and oxygen atoms in total. The summed E-state index contributed by atoms with van der Waals surface area (Å²) < 4.78 is 0. The molecule has 5 heteroatoms. The van der Waals surface area contributed by atoms with Crippen LogP contribution in [0.15, 0.2) is 6.20 Å². The molecule has 1 saturated heterocycles. The monoisotopic (exact) mass is 333 g/mol. The molecule has 3 fully saturated rings. The number of nitrogens with one attached hydrogen (secondary N) is 1. The Morgan fingerprint density at radius 3 is 2.70 bits per heavy atom. The Balaban J connectivity index is 1.18. The van der Waals surface area contributed by atoms with Crippen molar-refractivity contribution in [1.29, 1.82) is 0 Å². The fourth-order valence-electron chi connectivity index (χ4n) is 4.48. The summed E-state index contributed by atoms with van der Waals surface area (Å²) in [5.74, 6) is 0.642. The predicted molar refractivity (Wildman–Crippen MR) is 92.3 cm³/mol. The Hall–Kier alpha value is -0.940. The lowest BCUT2D eigenvalue weighted by Gasteiger charge is -2.53. The second-order valence-corrected chi connectivity index (χ2v) is 9.20. The van der Waals surface area contributed by atoms with Crippen molar-refractivity contribution in [1.82, 2.24) is 15.2 Å². The molecule has 3 aliphatic rings. The van der Waals surface area contributed by atoms with Crippen LogP contribution in [0.4, 0.5) is 0 Å². The van der Waals surface area contributed by atoms with Crippen molar-refractivity contribution in [2.75, 3.05) is 13.1 Å². The topological polar surface area (TPSA) is 45.2 Å². The van der Waals surface area contributed by atoms with Crippen LogP contribution in [-0.2, 0) is 11.3 Å². The molecule has 0 unspecified atom stereocenters. The van der Waals surface area contributed by atoms with E-state index in [2.05, 4.69) is 22.1 Å². The van der Waals surface area contributed by atoms with E-state index in [9.17, 15) is 4.79 Å². The summed E-state index contributed by atoms with van der Waals surface area (Å²) in [6.45, 7) is 5.21. The fraction of sp³-hybridized carbons (Fsp3) is 0.778. The molecule has 0 aromatic carbocycles. The molecule has 2 saturated carbocycles. The maximum absolute atomic E-state index is 12.4. The third kappa shape index (κ3) is 3.31. The number of hydrogen-bond donors (Lipinski definition) is 1. The van der Waals surface area contributed by atoms with Gasteiger partial charge in [-0.25, -0.2) is 4.98 Å². The Bertz CT molecular complexity index is 565. The van der Waals surface area contributed by atoms with E-state index in [0.717, 1.165) is 45.3 Å². The van der Waals surface area contributed by atoms with Crippen molar-refractivity contribution >= 4 is 17.2 Å². The van der Waals surface area contributed by atoms with Crippen LogP contribution in [-0.4, -0.2) is 34.9 Å². The van der Waals surface area contributed by atoms with Crippen LogP contribution in [0.25, 0.3) is 0 Å². The fourth-order valence-corrected chi connectivity index (χ4v) is 5.31. The first-order valence-corrected chi connectivity index (χ1v) is 9.88. The third-order valence-corrected chi connectivity index (χ3v) is 7.00. The molecule has 1 aromatic heterocycles. The maximum atomic E-state index is 12.4. The molecule has 0 atom stereocenters. The lowest BCUT2D eigenvalue weighted by atomic mass is 9.51. The van der Waals surface area contributed by atoms with Gasteiger partial charge >= 0.3 is 0 Å². The average Bonchev–Trinajstić information content (AvgIpc) is 2.83. The number of carbonyl (C=O) groups is 1. The highest BCUT2D eigenvalue weighted by Gasteiger charge is 2.50. The molecule has 1 N–H and O–H groups in total. The van der Waals surface area contributed by atoms with Crippen LogP contribution in [0.3, 0.4) is 0 Å². The minimum absolute atomic E-state index is 0.312. The highest BCUT2D eigenvalue weighted by molar-refractivity contribution is 7.11. The van der Waals surface area contributed by atoms with Crippen LogP contribution in [0.5, 0.6) is 0 Å². The summed E-state index contributed by atoms with van der Waals surface area (Å²) in [5.41, 5.74) is 0.594. The van der Waals surface area contributed by atoms with E-state index in [1.54, 1.807) is 11.3 Å². The molecule has 1 aliphatic heterocycles. The second-order valence-electron chi connectivity index (χ2n) is 7.88. The third-order valence-electron chi connectivity index (χ3n) is 6.11. The molecule has 1 spiro atoms. The minimum Gasteiger partial charge on any atom is -0.353 e. The number of thiazole rings is 1. The molecule has 1 aromatic rings. The van der Waals surface area contributed by atoms with Crippen LogP contribution >= 0.6 is 11.3 Å². The summed E-state index contributed by atoms with van der Waals surface area (Å²) in [7, 11) is 0. The van der Waals surface area contributed by atoms with E-state index >= 15 is 0 Å². The van der Waals surface area contributed by atoms with Gasteiger partial charge in [-0.05, 0) is 50.9 Å². The zero-order valence-electron chi connectivity index (χ0n) is 14.0. The van der Waals surface area contributed by atoms with E-state index in [0.29, 0.717) is 23.3 Å². The number of hydrogen-bond acceptors (Lipinski definition) is 4. The van der Waals surface area contributed by atoms with Gasteiger partial charge in [-0.3, -0.25) is 9.69 Å². The molecule has 126 valence electrons. The molecule has 2 heterocycles. The van der Waals surface area contributed by atoms with Gasteiger partial charge in [-0.1, -0.05) is 6.42 Å². The normalized spacial score (nSPS) is 25.1. The summed E-state index contributed by atoms with van der Waals surface area (Å²) in [4.78, 5) is 20.6. The molecule has 0 radical (unpaired) electrons. The quantitative estimate of drug-likeness (QED) is 0.921. The van der Waals surface area contributed by atoms with Crippen LogP contribution in [0.2, 0.25) is 0 Å². The average molecular weight is 334 g/mol. The summed E-state index contributed by atoms with van der Waals surface area (Å²) in [6, 6.07) is 0.384. The lowest BCUT2D eigenvalue weighted by Crippen LogP contribution is -2.52. The Kier molecular flexibility index (Phi) is 4.18. The number of carbonyl (C=O) groups excluding carboxylic acids is 1. The number of amides is 1. The minimum atomic E-state index is 0.312. The molecular formula is C18H27N3OS. The zero-order chi connectivity index (χ0) is 15.9. The number of nitrogens with zero attached hydrogens (tertiary/aromatic N) is 2. The Morgan fingerprint density at radius 1 is 1.39 bits per heavy atom. The van der Waals surface area contributed by atoms with Crippen molar-refractivity contribution in [2.24, 2.45) is 11.3 Å². The number of aryl methyl sites for hydroxylation is 1.